The second kappa shape index (κ2) is 6.66. The Morgan fingerprint density at radius 2 is 2.11 bits per heavy atom. The van der Waals surface area contributed by atoms with E-state index in [-0.39, 0.29) is 11.9 Å². The maximum atomic E-state index is 13.2. The zero-order valence-corrected chi connectivity index (χ0v) is 11.0. The lowest BCUT2D eigenvalue weighted by atomic mass is 10.2. The fourth-order valence-corrected chi connectivity index (χ4v) is 2.19. The first-order valence-electron chi connectivity index (χ1n) is 6.30. The summed E-state index contributed by atoms with van der Waals surface area (Å²) in [5.74, 6) is 6.73. The van der Waals surface area contributed by atoms with Gasteiger partial charge in [-0.25, -0.2) is 4.39 Å². The molecule has 2 rings (SSSR count). The molecule has 18 heavy (non-hydrogen) atoms. The molecule has 1 fully saturated rings. The van der Waals surface area contributed by atoms with Gasteiger partial charge in [0.05, 0.1) is 11.7 Å². The van der Waals surface area contributed by atoms with Crippen molar-refractivity contribution in [2.24, 2.45) is 0 Å². The summed E-state index contributed by atoms with van der Waals surface area (Å²) in [4.78, 5) is 0. The lowest BCUT2D eigenvalue weighted by Gasteiger charge is -2.14. The predicted octanol–water partition coefficient (Wildman–Crippen LogP) is 4.13. The van der Waals surface area contributed by atoms with Crippen LogP contribution in [0, 0.1) is 17.7 Å². The van der Waals surface area contributed by atoms with Gasteiger partial charge in [-0.1, -0.05) is 11.8 Å². The zero-order chi connectivity index (χ0) is 12.8. The third-order valence-corrected chi connectivity index (χ3v) is 3.17. The highest BCUT2D eigenvalue weighted by Crippen LogP contribution is 2.26. The molecule has 0 amide bonds. The average Bonchev–Trinajstić information content (AvgIpc) is 2.86. The van der Waals surface area contributed by atoms with Crippen molar-refractivity contribution in [3.63, 3.8) is 0 Å². The Morgan fingerprint density at radius 3 is 2.83 bits per heavy atom. The molecule has 0 aliphatic heterocycles. The number of hydrogen-bond donors (Lipinski definition) is 0. The molecule has 0 bridgehead atoms. The minimum Gasteiger partial charge on any atom is -0.489 e. The number of halogens is 2. The zero-order valence-electron chi connectivity index (χ0n) is 10.2. The molecule has 0 radical (unpaired) electrons. The SMILES string of the molecule is Fc1ccc(OC2CCCC2)c(C#CCCCl)c1. The third-order valence-electron chi connectivity index (χ3n) is 2.98. The van der Waals surface area contributed by atoms with Crippen LogP contribution < -0.4 is 4.74 Å². The highest BCUT2D eigenvalue weighted by molar-refractivity contribution is 6.18. The van der Waals surface area contributed by atoms with E-state index in [0.717, 1.165) is 12.8 Å². The predicted molar refractivity (Wildman–Crippen MR) is 71.5 cm³/mol. The fraction of sp³-hybridized carbons (Fsp3) is 0.467. The molecule has 1 aromatic carbocycles. The van der Waals surface area contributed by atoms with Crippen molar-refractivity contribution in [1.82, 2.24) is 0 Å². The summed E-state index contributed by atoms with van der Waals surface area (Å²) in [5, 5.41) is 0. The van der Waals surface area contributed by atoms with Crippen LogP contribution in [0.5, 0.6) is 5.75 Å². The Hall–Kier alpha value is -1.20. The van der Waals surface area contributed by atoms with Crippen molar-refractivity contribution in [3.05, 3.63) is 29.6 Å². The largest absolute Gasteiger partial charge is 0.489 e. The van der Waals surface area contributed by atoms with Crippen LogP contribution in [-0.4, -0.2) is 12.0 Å². The van der Waals surface area contributed by atoms with E-state index in [1.807, 2.05) is 0 Å². The lowest BCUT2D eigenvalue weighted by molar-refractivity contribution is 0.209. The first kappa shape index (κ1) is 13.2. The van der Waals surface area contributed by atoms with Gasteiger partial charge in [0.25, 0.3) is 0 Å². The van der Waals surface area contributed by atoms with E-state index in [0.29, 0.717) is 23.6 Å². The van der Waals surface area contributed by atoms with Gasteiger partial charge in [0.15, 0.2) is 0 Å². The Balaban J connectivity index is 2.15. The summed E-state index contributed by atoms with van der Waals surface area (Å²) < 4.78 is 19.1. The molecular weight excluding hydrogens is 251 g/mol. The Labute approximate surface area is 112 Å². The van der Waals surface area contributed by atoms with Crippen molar-refractivity contribution < 1.29 is 9.13 Å². The molecule has 1 nitrogen and oxygen atoms in total. The van der Waals surface area contributed by atoms with Crippen molar-refractivity contribution in [3.8, 4) is 17.6 Å². The monoisotopic (exact) mass is 266 g/mol. The second-order valence-electron chi connectivity index (χ2n) is 4.41. The van der Waals surface area contributed by atoms with Crippen molar-refractivity contribution in [2.75, 3.05) is 5.88 Å². The maximum Gasteiger partial charge on any atom is 0.135 e. The van der Waals surface area contributed by atoms with E-state index >= 15 is 0 Å². The van der Waals surface area contributed by atoms with Crippen LogP contribution in [-0.2, 0) is 0 Å². The van der Waals surface area contributed by atoms with Crippen LogP contribution in [0.1, 0.15) is 37.7 Å². The third kappa shape index (κ3) is 3.65. The van der Waals surface area contributed by atoms with Crippen molar-refractivity contribution >= 4 is 11.6 Å². The van der Waals surface area contributed by atoms with Gasteiger partial charge in [0.1, 0.15) is 11.6 Å². The highest BCUT2D eigenvalue weighted by Gasteiger charge is 2.17. The molecule has 1 aliphatic rings. The van der Waals surface area contributed by atoms with Gasteiger partial charge in [-0.15, -0.1) is 11.6 Å². The highest BCUT2D eigenvalue weighted by atomic mass is 35.5. The molecule has 0 heterocycles. The summed E-state index contributed by atoms with van der Waals surface area (Å²) in [6.45, 7) is 0. The van der Waals surface area contributed by atoms with Gasteiger partial charge in [-0.2, -0.15) is 0 Å². The smallest absolute Gasteiger partial charge is 0.135 e. The molecule has 1 aliphatic carbocycles. The number of rotatable bonds is 3. The molecule has 0 N–H and O–H groups in total. The molecular formula is C15H16ClFO. The minimum atomic E-state index is -0.288. The minimum absolute atomic E-state index is 0.254. The van der Waals surface area contributed by atoms with Gasteiger partial charge in [-0.05, 0) is 43.9 Å². The quantitative estimate of drug-likeness (QED) is 0.590. The normalized spacial score (nSPS) is 15.2. The van der Waals surface area contributed by atoms with Crippen LogP contribution in [0.4, 0.5) is 4.39 Å². The van der Waals surface area contributed by atoms with Crippen LogP contribution in [0.3, 0.4) is 0 Å². The summed E-state index contributed by atoms with van der Waals surface area (Å²) in [6.07, 6.45) is 5.42. The summed E-state index contributed by atoms with van der Waals surface area (Å²) in [7, 11) is 0. The standard InChI is InChI=1S/C15H16ClFO/c16-10-4-3-5-12-11-13(17)8-9-15(12)18-14-6-1-2-7-14/h8-9,11,14H,1-2,4,6-7,10H2. The molecule has 0 aromatic heterocycles. The number of alkyl halides is 1. The lowest BCUT2D eigenvalue weighted by Crippen LogP contribution is -2.11. The molecule has 1 saturated carbocycles. The summed E-state index contributed by atoms with van der Waals surface area (Å²) in [5.41, 5.74) is 0.618. The Bertz CT molecular complexity index is 455. The van der Waals surface area contributed by atoms with Gasteiger partial charge < -0.3 is 4.74 Å². The van der Waals surface area contributed by atoms with E-state index in [4.69, 9.17) is 16.3 Å². The van der Waals surface area contributed by atoms with E-state index in [1.54, 1.807) is 6.07 Å². The number of ether oxygens (including phenoxy) is 1. The first-order valence-corrected chi connectivity index (χ1v) is 6.84. The second-order valence-corrected chi connectivity index (χ2v) is 4.78. The Kier molecular flexibility index (Phi) is 4.90. The summed E-state index contributed by atoms with van der Waals surface area (Å²) >= 11 is 5.57. The van der Waals surface area contributed by atoms with Crippen molar-refractivity contribution in [2.45, 2.75) is 38.2 Å². The molecule has 1 aromatic rings. The van der Waals surface area contributed by atoms with Gasteiger partial charge >= 0.3 is 0 Å². The maximum absolute atomic E-state index is 13.2. The topological polar surface area (TPSA) is 9.23 Å². The van der Waals surface area contributed by atoms with Gasteiger partial charge in [-0.3, -0.25) is 0 Å². The number of hydrogen-bond acceptors (Lipinski definition) is 1. The van der Waals surface area contributed by atoms with Gasteiger partial charge in [0, 0.05) is 12.3 Å². The Morgan fingerprint density at radius 1 is 1.33 bits per heavy atom. The number of benzene rings is 1. The average molecular weight is 267 g/mol. The molecule has 96 valence electrons. The molecule has 0 spiro atoms. The first-order chi connectivity index (χ1) is 8.79. The van der Waals surface area contributed by atoms with E-state index < -0.39 is 0 Å². The fourth-order valence-electron chi connectivity index (χ4n) is 2.09. The molecule has 0 atom stereocenters. The molecule has 0 saturated heterocycles. The van der Waals surface area contributed by atoms with E-state index in [2.05, 4.69) is 11.8 Å². The van der Waals surface area contributed by atoms with Crippen molar-refractivity contribution in [1.29, 1.82) is 0 Å². The van der Waals surface area contributed by atoms with Gasteiger partial charge in [0.2, 0.25) is 0 Å². The van der Waals surface area contributed by atoms with E-state index in [1.165, 1.54) is 25.0 Å². The molecule has 3 heteroatoms. The van der Waals surface area contributed by atoms with E-state index in [9.17, 15) is 4.39 Å². The van der Waals surface area contributed by atoms with Crippen LogP contribution >= 0.6 is 11.6 Å². The van der Waals surface area contributed by atoms with Crippen LogP contribution in [0.25, 0.3) is 0 Å². The van der Waals surface area contributed by atoms with Crippen LogP contribution in [0.15, 0.2) is 18.2 Å². The molecule has 0 unspecified atom stereocenters. The summed E-state index contributed by atoms with van der Waals surface area (Å²) in [6, 6.07) is 4.50. The van der Waals surface area contributed by atoms with Crippen LogP contribution in [0.2, 0.25) is 0 Å².